The molecule has 0 unspecified atom stereocenters. The molecule has 0 aromatic heterocycles. The summed E-state index contributed by atoms with van der Waals surface area (Å²) in [5.74, 6) is -1.33. The van der Waals surface area contributed by atoms with E-state index in [0.717, 1.165) is 16.7 Å². The summed E-state index contributed by atoms with van der Waals surface area (Å²) in [6, 6.07) is 22.2. The standard InChI is InChI=1S/C30H25F3O2/c1-3-34-25-15-11-22(12-16-25)26-17-13-23(29(32)30(26)33)10-7-20-5-8-21(9-6-20)24-14-18-28(35-4-2)27(31)19-24/h5-19H,3-4H2,1-2H3/b10-7+. The second-order valence-electron chi connectivity index (χ2n) is 7.82. The van der Waals surface area contributed by atoms with Crippen molar-refractivity contribution in [3.05, 3.63) is 107 Å². The van der Waals surface area contributed by atoms with Crippen molar-refractivity contribution in [2.75, 3.05) is 13.2 Å². The molecule has 0 bridgehead atoms. The van der Waals surface area contributed by atoms with Crippen molar-refractivity contribution in [3.63, 3.8) is 0 Å². The summed E-state index contributed by atoms with van der Waals surface area (Å²) in [5, 5.41) is 0. The summed E-state index contributed by atoms with van der Waals surface area (Å²) in [7, 11) is 0. The van der Waals surface area contributed by atoms with E-state index in [1.54, 1.807) is 61.5 Å². The van der Waals surface area contributed by atoms with Gasteiger partial charge in [0.1, 0.15) is 5.75 Å². The van der Waals surface area contributed by atoms with Crippen LogP contribution in [0.15, 0.2) is 78.9 Å². The normalized spacial score (nSPS) is 11.1. The van der Waals surface area contributed by atoms with Crippen LogP contribution in [0.5, 0.6) is 11.5 Å². The molecule has 0 fully saturated rings. The Morgan fingerprint density at radius 2 is 1.29 bits per heavy atom. The molecule has 35 heavy (non-hydrogen) atoms. The fourth-order valence-corrected chi connectivity index (χ4v) is 3.74. The molecule has 5 heteroatoms. The molecule has 0 saturated carbocycles. The molecule has 0 amide bonds. The van der Waals surface area contributed by atoms with Crippen LogP contribution in [0, 0.1) is 17.5 Å². The summed E-state index contributed by atoms with van der Waals surface area (Å²) in [5.41, 5.74) is 3.27. The van der Waals surface area contributed by atoms with E-state index in [2.05, 4.69) is 0 Å². The summed E-state index contributed by atoms with van der Waals surface area (Å²) >= 11 is 0. The van der Waals surface area contributed by atoms with Crippen LogP contribution >= 0.6 is 0 Å². The maximum atomic E-state index is 14.8. The number of hydrogen-bond donors (Lipinski definition) is 0. The van der Waals surface area contributed by atoms with Gasteiger partial charge in [-0.05, 0) is 60.4 Å². The summed E-state index contributed by atoms with van der Waals surface area (Å²) < 4.78 is 54.4. The predicted octanol–water partition coefficient (Wildman–Crippen LogP) is 8.41. The first-order valence-electron chi connectivity index (χ1n) is 11.4. The number of benzene rings is 4. The van der Waals surface area contributed by atoms with E-state index < -0.39 is 17.5 Å². The van der Waals surface area contributed by atoms with Crippen LogP contribution < -0.4 is 9.47 Å². The van der Waals surface area contributed by atoms with Gasteiger partial charge in [0.05, 0.1) is 13.2 Å². The van der Waals surface area contributed by atoms with Crippen molar-refractivity contribution < 1.29 is 22.6 Å². The average Bonchev–Trinajstić information content (AvgIpc) is 2.87. The third-order valence-corrected chi connectivity index (χ3v) is 5.52. The molecule has 2 nitrogen and oxygen atoms in total. The Kier molecular flexibility index (Phi) is 7.56. The van der Waals surface area contributed by atoms with Gasteiger partial charge in [-0.2, -0.15) is 0 Å². The van der Waals surface area contributed by atoms with Gasteiger partial charge >= 0.3 is 0 Å². The van der Waals surface area contributed by atoms with Crippen molar-refractivity contribution in [2.45, 2.75) is 13.8 Å². The lowest BCUT2D eigenvalue weighted by atomic mass is 10.0. The van der Waals surface area contributed by atoms with Gasteiger partial charge in [0, 0.05) is 11.1 Å². The van der Waals surface area contributed by atoms with Crippen molar-refractivity contribution in [1.29, 1.82) is 0 Å². The minimum Gasteiger partial charge on any atom is -0.494 e. The maximum absolute atomic E-state index is 14.8. The highest BCUT2D eigenvalue weighted by Gasteiger charge is 2.13. The first-order valence-corrected chi connectivity index (χ1v) is 11.4. The largest absolute Gasteiger partial charge is 0.494 e. The molecular weight excluding hydrogens is 449 g/mol. The van der Waals surface area contributed by atoms with Gasteiger partial charge in [-0.25, -0.2) is 13.2 Å². The molecule has 0 aliphatic rings. The molecule has 0 aliphatic carbocycles. The highest BCUT2D eigenvalue weighted by atomic mass is 19.2. The molecular formula is C30H25F3O2. The fourth-order valence-electron chi connectivity index (χ4n) is 3.74. The highest BCUT2D eigenvalue weighted by Crippen LogP contribution is 2.29. The van der Waals surface area contributed by atoms with Crippen molar-refractivity contribution >= 4 is 12.2 Å². The van der Waals surface area contributed by atoms with Gasteiger partial charge in [0.2, 0.25) is 0 Å². The van der Waals surface area contributed by atoms with Crippen LogP contribution in [0.1, 0.15) is 25.0 Å². The Balaban J connectivity index is 1.51. The zero-order chi connectivity index (χ0) is 24.8. The molecule has 4 rings (SSSR count). The quantitative estimate of drug-likeness (QED) is 0.239. The summed E-state index contributed by atoms with van der Waals surface area (Å²) in [4.78, 5) is 0. The Morgan fingerprint density at radius 3 is 1.94 bits per heavy atom. The Morgan fingerprint density at radius 1 is 0.629 bits per heavy atom. The minimum atomic E-state index is -0.908. The second kappa shape index (κ2) is 11.0. The van der Waals surface area contributed by atoms with Crippen LogP contribution in [0.25, 0.3) is 34.4 Å². The number of rotatable bonds is 8. The molecule has 178 valence electrons. The molecule has 0 radical (unpaired) electrons. The van der Waals surface area contributed by atoms with Crippen molar-refractivity contribution in [3.8, 4) is 33.8 Å². The maximum Gasteiger partial charge on any atom is 0.167 e. The van der Waals surface area contributed by atoms with E-state index in [1.165, 1.54) is 12.1 Å². The molecule has 0 saturated heterocycles. The van der Waals surface area contributed by atoms with E-state index in [-0.39, 0.29) is 16.9 Å². The fraction of sp³-hybridized carbons (Fsp3) is 0.133. The molecule has 0 spiro atoms. The monoisotopic (exact) mass is 474 g/mol. The Hall–Kier alpha value is -3.99. The summed E-state index contributed by atoms with van der Waals surface area (Å²) in [6.07, 6.45) is 3.24. The number of halogens is 3. The van der Waals surface area contributed by atoms with Gasteiger partial charge in [0.15, 0.2) is 23.2 Å². The number of ether oxygens (including phenoxy) is 2. The van der Waals surface area contributed by atoms with Crippen molar-refractivity contribution in [1.82, 2.24) is 0 Å². The van der Waals surface area contributed by atoms with Crippen LogP contribution in [0.3, 0.4) is 0 Å². The average molecular weight is 475 g/mol. The topological polar surface area (TPSA) is 18.5 Å². The third kappa shape index (κ3) is 5.57. The van der Waals surface area contributed by atoms with Gasteiger partial charge in [-0.1, -0.05) is 66.7 Å². The van der Waals surface area contributed by atoms with E-state index in [4.69, 9.17) is 9.47 Å². The molecule has 0 heterocycles. The van der Waals surface area contributed by atoms with E-state index in [1.807, 2.05) is 31.2 Å². The lowest BCUT2D eigenvalue weighted by Gasteiger charge is -2.08. The second-order valence-corrected chi connectivity index (χ2v) is 7.82. The van der Waals surface area contributed by atoms with Crippen LogP contribution in [0.2, 0.25) is 0 Å². The highest BCUT2D eigenvalue weighted by molar-refractivity contribution is 5.74. The Bertz CT molecular complexity index is 1330. The molecule has 0 aliphatic heterocycles. The van der Waals surface area contributed by atoms with Gasteiger partial charge in [-0.15, -0.1) is 0 Å². The van der Waals surface area contributed by atoms with Crippen molar-refractivity contribution in [2.24, 2.45) is 0 Å². The van der Waals surface area contributed by atoms with Crippen LogP contribution in [-0.2, 0) is 0 Å². The van der Waals surface area contributed by atoms with E-state index >= 15 is 0 Å². The SMILES string of the molecule is CCOc1ccc(-c2ccc(/C=C/c3ccc(-c4ccc(OCC)c(F)c4)cc3)c(F)c2F)cc1. The summed E-state index contributed by atoms with van der Waals surface area (Å²) in [6.45, 7) is 4.61. The van der Waals surface area contributed by atoms with E-state index in [9.17, 15) is 13.2 Å². The molecule has 0 N–H and O–H groups in total. The third-order valence-electron chi connectivity index (χ3n) is 5.52. The molecule has 0 atom stereocenters. The predicted molar refractivity (Wildman–Crippen MR) is 135 cm³/mol. The van der Waals surface area contributed by atoms with Gasteiger partial charge in [-0.3, -0.25) is 0 Å². The zero-order valence-electron chi connectivity index (χ0n) is 19.5. The van der Waals surface area contributed by atoms with Gasteiger partial charge in [0.25, 0.3) is 0 Å². The number of hydrogen-bond acceptors (Lipinski definition) is 2. The minimum absolute atomic E-state index is 0.148. The first kappa shape index (κ1) is 24.1. The lowest BCUT2D eigenvalue weighted by Crippen LogP contribution is -1.94. The molecule has 4 aromatic rings. The van der Waals surface area contributed by atoms with Crippen LogP contribution in [-0.4, -0.2) is 13.2 Å². The molecule has 4 aromatic carbocycles. The van der Waals surface area contributed by atoms with Gasteiger partial charge < -0.3 is 9.47 Å². The first-order chi connectivity index (χ1) is 17.0. The lowest BCUT2D eigenvalue weighted by molar-refractivity contribution is 0.321. The Labute approximate surface area is 203 Å². The van der Waals surface area contributed by atoms with Crippen LogP contribution in [0.4, 0.5) is 13.2 Å². The smallest absolute Gasteiger partial charge is 0.167 e. The zero-order valence-corrected chi connectivity index (χ0v) is 19.5. The van der Waals surface area contributed by atoms with E-state index in [0.29, 0.717) is 24.5 Å².